The van der Waals surface area contributed by atoms with Gasteiger partial charge in [0.25, 0.3) is 22.7 Å². The van der Waals surface area contributed by atoms with Crippen LogP contribution in [0, 0.1) is 40.5 Å². The van der Waals surface area contributed by atoms with Gasteiger partial charge in [0.1, 0.15) is 22.6 Å². The molecular weight excluding hydrogens is 744 g/mol. The predicted molar refractivity (Wildman–Crippen MR) is 183 cm³/mol. The largest absolute Gasteiger partial charge is 0.324 e. The van der Waals surface area contributed by atoms with Gasteiger partial charge in [-0.25, -0.2) is 29.9 Å². The molecule has 0 fully saturated rings. The van der Waals surface area contributed by atoms with E-state index in [9.17, 15) is 40.5 Å². The molecule has 0 aliphatic carbocycles. The molecule has 53 heavy (non-hydrogen) atoms. The number of benzene rings is 4. The fourth-order valence-corrected chi connectivity index (χ4v) is 6.20. The first-order valence-corrected chi connectivity index (χ1v) is 15.0. The molecule has 0 unspecified atom stereocenters. The molecule has 2 N–H and O–H groups in total. The Labute approximate surface area is 301 Å². The number of nitro groups is 4. The summed E-state index contributed by atoms with van der Waals surface area (Å²) in [6, 6.07) is 16.1. The maximum Gasteiger partial charge on any atom is 0.270 e. The minimum atomic E-state index is -0.582. The quantitative estimate of drug-likeness (QED) is 0.110. The average Bonchev–Trinajstić information content (AvgIpc) is 3.85. The van der Waals surface area contributed by atoms with Crippen LogP contribution in [-0.4, -0.2) is 59.6 Å². The molecule has 0 saturated carbocycles. The van der Waals surface area contributed by atoms with E-state index < -0.39 is 19.7 Å². The number of hydrogen-bond acceptors (Lipinski definition) is 14. The summed E-state index contributed by atoms with van der Waals surface area (Å²) in [6.45, 7) is 0. The molecule has 8 bridgehead atoms. The molecule has 2 aliphatic heterocycles. The summed E-state index contributed by atoms with van der Waals surface area (Å²) in [6.07, 6.45) is 0. The number of rotatable bonds is 4. The van der Waals surface area contributed by atoms with Crippen molar-refractivity contribution < 1.29 is 36.8 Å². The summed E-state index contributed by atoms with van der Waals surface area (Å²) in [4.78, 5) is 78.9. The van der Waals surface area contributed by atoms with Crippen molar-refractivity contribution in [3.8, 4) is 45.6 Å². The van der Waals surface area contributed by atoms with Gasteiger partial charge in [-0.2, -0.15) is 0 Å². The van der Waals surface area contributed by atoms with Crippen LogP contribution in [0.5, 0.6) is 0 Å². The second-order valence-electron chi connectivity index (χ2n) is 11.6. The third-order valence-corrected chi connectivity index (χ3v) is 8.61. The zero-order chi connectivity index (χ0) is 36.0. The number of fused-ring (bicyclic) bond motifs is 20. The van der Waals surface area contributed by atoms with E-state index in [1.807, 2.05) is 0 Å². The predicted octanol–water partition coefficient (Wildman–Crippen LogP) is 6.50. The standard InChI is InChI=1S/C32H14N12O8.Cu/c45-41(46)13-1-5-17-21(9-13)29-34-25(17)33-26-18-6-2-15(43(49)50)11-23(18)31(35-26)40-32-24-12-16(44(51)52)4-8-20(24)28(39-32)38-30-22-10-14(42(47)48)3-7-19(22)27(36-29)37-30;/h1-12H,(H2,33,34,35,36,37,38,39,40);. The molecule has 0 amide bonds. The van der Waals surface area contributed by atoms with E-state index >= 15 is 0 Å². The van der Waals surface area contributed by atoms with Crippen molar-refractivity contribution in [2.24, 2.45) is 0 Å². The first-order chi connectivity index (χ1) is 25.0. The summed E-state index contributed by atoms with van der Waals surface area (Å²) in [5.74, 6) is 0.137. The van der Waals surface area contributed by atoms with Gasteiger partial charge in [-0.05, 0) is 24.3 Å². The van der Waals surface area contributed by atoms with Gasteiger partial charge in [-0.15, -0.1) is 0 Å². The second kappa shape index (κ2) is 11.7. The first-order valence-electron chi connectivity index (χ1n) is 15.0. The van der Waals surface area contributed by atoms with Crippen molar-refractivity contribution in [1.82, 2.24) is 39.9 Å². The Balaban J connectivity index is 0.00000400. The molecule has 9 rings (SSSR count). The van der Waals surface area contributed by atoms with E-state index in [1.165, 1.54) is 72.8 Å². The van der Waals surface area contributed by atoms with E-state index in [0.29, 0.717) is 27.3 Å². The van der Waals surface area contributed by atoms with Crippen molar-refractivity contribution >= 4 is 66.9 Å². The van der Waals surface area contributed by atoms with Gasteiger partial charge in [0.15, 0.2) is 23.3 Å². The topological polar surface area (TPSA) is 281 Å². The van der Waals surface area contributed by atoms with Gasteiger partial charge < -0.3 is 9.97 Å². The van der Waals surface area contributed by atoms with Gasteiger partial charge in [0.2, 0.25) is 0 Å². The van der Waals surface area contributed by atoms with Crippen LogP contribution in [0.3, 0.4) is 0 Å². The molecule has 20 nitrogen and oxygen atoms in total. The van der Waals surface area contributed by atoms with Crippen LogP contribution in [0.25, 0.3) is 89.7 Å². The van der Waals surface area contributed by atoms with Gasteiger partial charge in [-0.3, -0.25) is 40.5 Å². The Hall–Kier alpha value is -7.64. The summed E-state index contributed by atoms with van der Waals surface area (Å²) < 4.78 is 0. The second-order valence-corrected chi connectivity index (χ2v) is 11.6. The van der Waals surface area contributed by atoms with Crippen molar-refractivity contribution in [2.75, 3.05) is 0 Å². The maximum atomic E-state index is 11.8. The molecule has 5 heterocycles. The van der Waals surface area contributed by atoms with Crippen LogP contribution in [0.15, 0.2) is 72.8 Å². The Kier molecular flexibility index (Phi) is 7.20. The molecule has 4 aromatic carbocycles. The molecule has 21 heteroatoms. The van der Waals surface area contributed by atoms with E-state index in [4.69, 9.17) is 15.0 Å². The third-order valence-electron chi connectivity index (χ3n) is 8.61. The van der Waals surface area contributed by atoms with Crippen LogP contribution >= 0.6 is 0 Å². The van der Waals surface area contributed by atoms with E-state index in [2.05, 4.69) is 24.9 Å². The van der Waals surface area contributed by atoms with Crippen LogP contribution < -0.4 is 0 Å². The molecule has 3 aromatic heterocycles. The summed E-state index contributed by atoms with van der Waals surface area (Å²) in [5.41, 5.74) is 0.715. The Morgan fingerprint density at radius 2 is 0.679 bits per heavy atom. The number of non-ortho nitro benzene ring substituents is 4. The number of nitrogens with one attached hydrogen (secondary N) is 2. The molecule has 1 radical (unpaired) electrons. The summed E-state index contributed by atoms with van der Waals surface area (Å²) in [5, 5.41) is 48.4. The molecule has 261 valence electrons. The summed E-state index contributed by atoms with van der Waals surface area (Å²) >= 11 is 0. The number of aromatic amines is 2. The zero-order valence-corrected chi connectivity index (χ0v) is 26.9. The number of H-pyrrole nitrogens is 2. The third kappa shape index (κ3) is 5.15. The summed E-state index contributed by atoms with van der Waals surface area (Å²) in [7, 11) is 0. The Morgan fingerprint density at radius 3 is 1.04 bits per heavy atom. The maximum absolute atomic E-state index is 11.8. The smallest absolute Gasteiger partial charge is 0.270 e. The van der Waals surface area contributed by atoms with E-state index in [-0.39, 0.29) is 102 Å². The van der Waals surface area contributed by atoms with Crippen molar-refractivity contribution in [2.45, 2.75) is 0 Å². The van der Waals surface area contributed by atoms with Gasteiger partial charge >= 0.3 is 0 Å². The Morgan fingerprint density at radius 1 is 0.377 bits per heavy atom. The van der Waals surface area contributed by atoms with Gasteiger partial charge in [-0.1, -0.05) is 0 Å². The molecule has 0 saturated heterocycles. The number of nitrogens with zero attached hydrogens (tertiary/aromatic N) is 10. The molecule has 2 aliphatic rings. The average molecular weight is 758 g/mol. The Bertz CT molecular complexity index is 3020. The zero-order valence-electron chi connectivity index (χ0n) is 26.0. The minimum absolute atomic E-state index is 0. The normalized spacial score (nSPS) is 11.5. The molecule has 0 spiro atoms. The van der Waals surface area contributed by atoms with Crippen molar-refractivity contribution in [3.63, 3.8) is 0 Å². The molecular formula is C32H14CuN12O8. The fourth-order valence-electron chi connectivity index (χ4n) is 6.20. The van der Waals surface area contributed by atoms with E-state index in [1.54, 1.807) is 0 Å². The van der Waals surface area contributed by atoms with Crippen molar-refractivity contribution in [1.29, 1.82) is 0 Å². The van der Waals surface area contributed by atoms with Crippen LogP contribution in [0.1, 0.15) is 0 Å². The fraction of sp³-hybridized carbons (Fsp3) is 0. The number of nitro benzene ring substituents is 4. The van der Waals surface area contributed by atoms with Crippen molar-refractivity contribution in [3.05, 3.63) is 113 Å². The van der Waals surface area contributed by atoms with E-state index in [0.717, 1.165) is 0 Å². The number of hydrogen-bond donors (Lipinski definition) is 2. The van der Waals surface area contributed by atoms with Gasteiger partial charge in [0.05, 0.1) is 19.7 Å². The minimum Gasteiger partial charge on any atom is -0.324 e. The monoisotopic (exact) mass is 757 g/mol. The van der Waals surface area contributed by atoms with Crippen LogP contribution in [-0.2, 0) is 17.1 Å². The molecule has 0 atom stereocenters. The number of aromatic nitrogens is 8. The van der Waals surface area contributed by atoms with Gasteiger partial charge in [0, 0.05) is 109 Å². The van der Waals surface area contributed by atoms with Crippen LogP contribution in [0.4, 0.5) is 22.7 Å². The van der Waals surface area contributed by atoms with Crippen LogP contribution in [0.2, 0.25) is 0 Å². The first kappa shape index (κ1) is 32.6. The molecule has 7 aromatic rings. The SMILES string of the molecule is O=[N+]([O-])c1ccc2c(c1)-c1nc-2nc2[nH]c(nc3nc(nc4[nH]c(n1)c1ccc([N+](=O)[O-])cc41)-c1cc([N+](=O)[O-])ccc1-3)c1ccc([N+](=O)[O-])cc21.[Cu].